The Balaban J connectivity index is 4.56. The van der Waals surface area contributed by atoms with Crippen LogP contribution in [-0.4, -0.2) is 19.0 Å². The number of rotatable bonds is 8. The van der Waals surface area contributed by atoms with Crippen LogP contribution in [0.4, 0.5) is 0 Å². The lowest BCUT2D eigenvalue weighted by atomic mass is 10.3. The fourth-order valence-electron chi connectivity index (χ4n) is 3.15. The molecule has 0 heterocycles. The van der Waals surface area contributed by atoms with E-state index >= 15 is 0 Å². The van der Waals surface area contributed by atoms with Gasteiger partial charge in [0.25, 0.3) is 0 Å². The Morgan fingerprint density at radius 2 is 1.56 bits per heavy atom. The van der Waals surface area contributed by atoms with Crippen molar-refractivity contribution in [2.75, 3.05) is 5.88 Å². The van der Waals surface area contributed by atoms with Gasteiger partial charge >= 0.3 is 0 Å². The second-order valence-electron chi connectivity index (χ2n) is 6.51. The summed E-state index contributed by atoms with van der Waals surface area (Å²) < 4.78 is 1.57. The Morgan fingerprint density at radius 1 is 1.12 bits per heavy atom. The summed E-state index contributed by atoms with van der Waals surface area (Å²) in [7, 11) is 0. The molecule has 0 aliphatic heterocycles. The second-order valence-corrected chi connectivity index (χ2v) is 12.3. The topological polar surface area (TPSA) is 0 Å². The highest BCUT2D eigenvalue weighted by atomic mass is 35.5. The van der Waals surface area contributed by atoms with Gasteiger partial charge < -0.3 is 0 Å². The molecule has 0 aromatic heterocycles. The zero-order valence-electron chi connectivity index (χ0n) is 11.9. The Kier molecular flexibility index (Phi) is 8.08. The summed E-state index contributed by atoms with van der Waals surface area (Å²) in [6, 6.07) is 0. The van der Waals surface area contributed by atoms with Gasteiger partial charge in [-0.2, -0.15) is 16.4 Å². The van der Waals surface area contributed by atoms with E-state index in [2.05, 4.69) is 40.1 Å². The molecule has 0 radical (unpaired) electrons. The van der Waals surface area contributed by atoms with Gasteiger partial charge in [-0.3, -0.25) is 4.44 Å². The minimum atomic E-state index is -1.58. The summed E-state index contributed by atoms with van der Waals surface area (Å²) in [6.07, 6.45) is 2.26. The van der Waals surface area contributed by atoms with E-state index in [4.69, 9.17) is 11.6 Å². The molecule has 0 saturated carbocycles. The van der Waals surface area contributed by atoms with Crippen LogP contribution in [-0.2, 0) is 0 Å². The molecule has 0 rings (SSSR count). The Morgan fingerprint density at radius 3 is 1.88 bits per heavy atom. The van der Waals surface area contributed by atoms with Gasteiger partial charge in [0.1, 0.15) is 0 Å². The maximum absolute atomic E-state index is 5.78. The molecule has 0 aromatic rings. The van der Waals surface area contributed by atoms with Crippen molar-refractivity contribution in [3.05, 3.63) is 11.0 Å². The van der Waals surface area contributed by atoms with Crippen molar-refractivity contribution < 1.29 is 0 Å². The average molecular weight is 260 g/mol. The largest absolute Gasteiger partial charge is 0.261 e. The van der Waals surface area contributed by atoms with Gasteiger partial charge in [0.2, 0.25) is 0 Å². The summed E-state index contributed by atoms with van der Waals surface area (Å²) in [4.78, 5) is 0. The van der Waals surface area contributed by atoms with Crippen molar-refractivity contribution in [1.29, 1.82) is 0 Å². The number of alkyl halides is 1. The number of allylic oxidation sites excluding steroid dienone is 1. The molecule has 0 spiro atoms. The molecule has 16 heavy (non-hydrogen) atoms. The predicted molar refractivity (Wildman–Crippen MR) is 80.0 cm³/mol. The maximum atomic E-state index is 5.78. The van der Waals surface area contributed by atoms with Crippen LogP contribution in [0.1, 0.15) is 40.5 Å². The highest BCUT2D eigenvalue weighted by molar-refractivity contribution is 6.85. The molecule has 2 heteroatoms. The van der Waals surface area contributed by atoms with E-state index in [1.807, 2.05) is 0 Å². The lowest BCUT2D eigenvalue weighted by molar-refractivity contribution is 0.679. The first-order chi connectivity index (χ1) is 7.31. The van der Waals surface area contributed by atoms with E-state index < -0.39 is 13.1 Å². The quantitative estimate of drug-likeness (QED) is 0.399. The van der Waals surface area contributed by atoms with Crippen LogP contribution in [0.15, 0.2) is 11.0 Å². The van der Waals surface area contributed by atoms with Gasteiger partial charge in [-0.05, 0) is 6.42 Å². The third kappa shape index (κ3) is 6.34. The van der Waals surface area contributed by atoms with Gasteiger partial charge in [0.15, 0.2) is 13.1 Å². The Labute approximate surface area is 110 Å². The van der Waals surface area contributed by atoms with Crippen LogP contribution >= 0.6 is 11.6 Å². The molecule has 96 valence electrons. The zero-order chi connectivity index (χ0) is 12.8. The van der Waals surface area contributed by atoms with Crippen molar-refractivity contribution in [1.82, 2.24) is 0 Å². The van der Waals surface area contributed by atoms with Crippen LogP contribution in [0.5, 0.6) is 0 Å². The lowest BCUT2D eigenvalue weighted by Gasteiger charge is -2.38. The van der Waals surface area contributed by atoms with Crippen molar-refractivity contribution in [3.8, 4) is 0 Å². The molecule has 0 unspecified atom stereocenters. The number of hydrogen-bond acceptors (Lipinski definition) is 0. The van der Waals surface area contributed by atoms with Crippen LogP contribution in [0.3, 0.4) is 0 Å². The van der Waals surface area contributed by atoms with E-state index in [1.54, 1.807) is 4.44 Å². The minimum absolute atomic E-state index is 0.775. The molecule has 0 aliphatic carbocycles. The minimum Gasteiger partial charge on any atom is -0.261 e. The van der Waals surface area contributed by atoms with Crippen LogP contribution in [0, 0.1) is 11.8 Å². The summed E-state index contributed by atoms with van der Waals surface area (Å²) in [5.41, 5.74) is 0. The van der Waals surface area contributed by atoms with E-state index in [0.717, 1.165) is 30.6 Å². The molecule has 0 aromatic carbocycles. The summed E-state index contributed by atoms with van der Waals surface area (Å²) in [6.45, 7) is 13.7. The fourth-order valence-corrected chi connectivity index (χ4v) is 9.21. The second kappa shape index (κ2) is 7.81. The molecule has 0 fully saturated rings. The Hall–Kier alpha value is 0.562. The zero-order valence-corrected chi connectivity index (χ0v) is 13.8. The van der Waals surface area contributed by atoms with Crippen molar-refractivity contribution in [2.24, 2.45) is 11.8 Å². The van der Waals surface area contributed by atoms with Gasteiger partial charge in [0.05, 0.1) is 0 Å². The lowest BCUT2D eigenvalue weighted by Crippen LogP contribution is -2.36. The van der Waals surface area contributed by atoms with Gasteiger partial charge in [-0.1, -0.05) is 46.0 Å². The molecule has 0 atom stereocenters. The monoisotopic (exact) mass is 259 g/mol. The van der Waals surface area contributed by atoms with Crippen LogP contribution in [0.25, 0.3) is 0 Å². The van der Waals surface area contributed by atoms with Gasteiger partial charge in [0, 0.05) is 5.88 Å². The third-order valence-corrected chi connectivity index (χ3v) is 10.1. The SMILES string of the molecule is C=[C](CCCCl)[Al-]([CH3])([CH2]C(C)C)[CH2]C(C)C. The molecule has 0 bridgehead atoms. The summed E-state index contributed by atoms with van der Waals surface area (Å²) in [5.74, 6) is 4.93. The first-order valence-electron chi connectivity index (χ1n) is 6.78. The summed E-state index contributed by atoms with van der Waals surface area (Å²) >= 11 is 4.20. The average Bonchev–Trinajstić information content (AvgIpc) is 2.11. The molecule has 0 N–H and O–H groups in total. The first-order valence-corrected chi connectivity index (χ1v) is 10.7. The smallest absolute Gasteiger partial charge is 0.159 e. The number of halogens is 1. The van der Waals surface area contributed by atoms with E-state index in [1.165, 1.54) is 10.6 Å². The first kappa shape index (κ1) is 16.6. The van der Waals surface area contributed by atoms with Gasteiger partial charge in [-0.25, -0.2) is 0 Å². The molecule has 0 nitrogen and oxygen atoms in total. The highest BCUT2D eigenvalue weighted by Gasteiger charge is 2.27. The van der Waals surface area contributed by atoms with E-state index in [0.29, 0.717) is 0 Å². The summed E-state index contributed by atoms with van der Waals surface area (Å²) in [5, 5.41) is 2.82. The van der Waals surface area contributed by atoms with Crippen molar-refractivity contribution >= 4 is 24.7 Å². The molecule has 0 amide bonds. The normalized spacial score (nSPS) is 12.5. The number of hydrogen-bond donors (Lipinski definition) is 0. The third-order valence-electron chi connectivity index (χ3n) is 3.60. The van der Waals surface area contributed by atoms with Crippen LogP contribution < -0.4 is 0 Å². The maximum Gasteiger partial charge on any atom is 0.159 e. The molecule has 0 saturated heterocycles. The highest BCUT2D eigenvalue weighted by Crippen LogP contribution is 2.32. The fraction of sp³-hybridized carbons (Fsp3) is 0.857. The van der Waals surface area contributed by atoms with Crippen molar-refractivity contribution in [3.63, 3.8) is 0 Å². The van der Waals surface area contributed by atoms with E-state index in [9.17, 15) is 0 Å². The van der Waals surface area contributed by atoms with Crippen molar-refractivity contribution in [2.45, 2.75) is 56.9 Å². The molecular formula is C14H29AlCl-. The molecular weight excluding hydrogens is 231 g/mol. The Bertz CT molecular complexity index is 199. The molecule has 0 aliphatic rings. The standard InChI is InChI=1S/C5H8Cl.2C4H9.CH3.Al/c1-2-3-4-5-6;2*1-4(2)3;;/h1,3-5H2;2*4H,1H2,2-3H3;1H3;/q;;;;-1. The van der Waals surface area contributed by atoms with Crippen LogP contribution in [0.2, 0.25) is 16.4 Å². The van der Waals surface area contributed by atoms with E-state index in [-0.39, 0.29) is 0 Å². The predicted octanol–water partition coefficient (Wildman–Crippen LogP) is 5.49. The van der Waals surface area contributed by atoms with Gasteiger partial charge in [-0.15, -0.1) is 18.2 Å².